The van der Waals surface area contributed by atoms with Crippen LogP contribution < -0.4 is 4.90 Å². The van der Waals surface area contributed by atoms with Gasteiger partial charge < -0.3 is 9.47 Å². The monoisotopic (exact) mass is 830 g/mol. The number of anilines is 3. The molecule has 0 unspecified atom stereocenters. The molecule has 0 atom stereocenters. The zero-order chi connectivity index (χ0) is 43.5. The molecule has 0 fully saturated rings. The van der Waals surface area contributed by atoms with E-state index >= 15 is 0 Å². The average Bonchev–Trinajstić information content (AvgIpc) is 3.82. The van der Waals surface area contributed by atoms with Gasteiger partial charge in [-0.3, -0.25) is 0 Å². The van der Waals surface area contributed by atoms with Crippen LogP contribution in [0.25, 0.3) is 83.1 Å². The van der Waals surface area contributed by atoms with E-state index in [4.69, 9.17) is 0 Å². The number of hydrogen-bond donors (Lipinski definition) is 0. The molecule has 1 aliphatic rings. The fraction of sp³-hybridized carbons (Fsp3) is 0.0476. The molecule has 308 valence electrons. The Morgan fingerprint density at radius 3 is 1.26 bits per heavy atom. The molecule has 2 nitrogen and oxygen atoms in total. The fourth-order valence-electron chi connectivity index (χ4n) is 10.5. The van der Waals surface area contributed by atoms with Gasteiger partial charge >= 0.3 is 0 Å². The predicted molar refractivity (Wildman–Crippen MR) is 275 cm³/mol. The van der Waals surface area contributed by atoms with Crippen molar-refractivity contribution in [3.8, 4) is 61.3 Å². The summed E-state index contributed by atoms with van der Waals surface area (Å²) in [5.74, 6) is 0. The number of aromatic nitrogens is 1. The van der Waals surface area contributed by atoms with Crippen LogP contribution in [0.5, 0.6) is 0 Å². The third-order valence-corrected chi connectivity index (χ3v) is 13.6. The maximum atomic E-state index is 2.44. The Morgan fingerprint density at radius 2 is 0.723 bits per heavy atom. The molecule has 10 aromatic carbocycles. The summed E-state index contributed by atoms with van der Waals surface area (Å²) >= 11 is 0. The summed E-state index contributed by atoms with van der Waals surface area (Å²) in [7, 11) is 0. The van der Waals surface area contributed by atoms with E-state index in [-0.39, 0.29) is 5.41 Å². The Bertz CT molecular complexity index is 3400. The quantitative estimate of drug-likeness (QED) is 0.148. The zero-order valence-electron chi connectivity index (χ0n) is 36.5. The highest BCUT2D eigenvalue weighted by Crippen LogP contribution is 2.51. The highest BCUT2D eigenvalue weighted by molar-refractivity contribution is 6.12. The van der Waals surface area contributed by atoms with Crippen molar-refractivity contribution in [2.24, 2.45) is 0 Å². The third kappa shape index (κ3) is 6.49. The van der Waals surface area contributed by atoms with E-state index in [0.29, 0.717) is 0 Å². The van der Waals surface area contributed by atoms with Crippen LogP contribution in [0.4, 0.5) is 17.1 Å². The second-order valence-electron chi connectivity index (χ2n) is 17.7. The van der Waals surface area contributed by atoms with Crippen molar-refractivity contribution in [3.05, 3.63) is 254 Å². The van der Waals surface area contributed by atoms with E-state index in [1.807, 2.05) is 0 Å². The van der Waals surface area contributed by atoms with E-state index in [0.717, 1.165) is 22.7 Å². The lowest BCUT2D eigenvalue weighted by atomic mass is 9.82. The molecular weight excluding hydrogens is 785 g/mol. The molecule has 1 heterocycles. The summed E-state index contributed by atoms with van der Waals surface area (Å²) in [5, 5.41) is 2.44. The van der Waals surface area contributed by atoms with Crippen molar-refractivity contribution >= 4 is 38.9 Å². The molecule has 1 aromatic heterocycles. The van der Waals surface area contributed by atoms with Crippen LogP contribution in [-0.2, 0) is 5.41 Å². The predicted octanol–water partition coefficient (Wildman–Crippen LogP) is 17.2. The summed E-state index contributed by atoms with van der Waals surface area (Å²) in [6.45, 7) is 4.70. The average molecular weight is 831 g/mol. The molecule has 0 saturated carbocycles. The van der Waals surface area contributed by atoms with Crippen LogP contribution in [0.15, 0.2) is 243 Å². The molecule has 2 heteroatoms. The van der Waals surface area contributed by atoms with Crippen molar-refractivity contribution in [1.82, 2.24) is 4.57 Å². The van der Waals surface area contributed by atoms with Gasteiger partial charge in [0.2, 0.25) is 0 Å². The van der Waals surface area contributed by atoms with E-state index in [1.54, 1.807) is 0 Å². The smallest absolute Gasteiger partial charge is 0.0541 e. The minimum absolute atomic E-state index is 0.0995. The first-order valence-corrected chi connectivity index (χ1v) is 22.6. The number of benzene rings is 10. The minimum atomic E-state index is -0.0995. The van der Waals surface area contributed by atoms with Crippen molar-refractivity contribution in [2.75, 3.05) is 4.90 Å². The molecule has 0 aliphatic heterocycles. The van der Waals surface area contributed by atoms with Crippen molar-refractivity contribution in [2.45, 2.75) is 19.3 Å². The number of fused-ring (bicyclic) bond motifs is 6. The molecule has 11 aromatic rings. The van der Waals surface area contributed by atoms with Gasteiger partial charge in [-0.05, 0) is 140 Å². The number of hydrogen-bond acceptors (Lipinski definition) is 1. The molecule has 0 amide bonds. The first-order chi connectivity index (χ1) is 32.0. The van der Waals surface area contributed by atoms with Gasteiger partial charge in [-0.25, -0.2) is 0 Å². The summed E-state index contributed by atoms with van der Waals surface area (Å²) in [6, 6.07) is 88.8. The summed E-state index contributed by atoms with van der Waals surface area (Å²) in [4.78, 5) is 2.39. The SMILES string of the molecule is CC1(C)c2ccccc2-c2ccc(N(c3ccccc3)c3ccc(-n4c5ccc(-c6ccccc6-c6ccccc6)cc5c5cc(-c6ccccc6-c6ccccc6)ccc54)cc3)cc21. The Kier molecular flexibility index (Phi) is 9.21. The van der Waals surface area contributed by atoms with Crippen molar-refractivity contribution < 1.29 is 0 Å². The zero-order valence-corrected chi connectivity index (χ0v) is 36.5. The third-order valence-electron chi connectivity index (χ3n) is 13.6. The van der Waals surface area contributed by atoms with E-state index in [2.05, 4.69) is 266 Å². The molecule has 0 N–H and O–H groups in total. The molecule has 0 saturated heterocycles. The Labute approximate surface area is 381 Å². The van der Waals surface area contributed by atoms with Gasteiger partial charge in [0.05, 0.1) is 11.0 Å². The van der Waals surface area contributed by atoms with Crippen molar-refractivity contribution in [1.29, 1.82) is 0 Å². The number of para-hydroxylation sites is 1. The maximum Gasteiger partial charge on any atom is 0.0541 e. The Morgan fingerprint density at radius 1 is 0.308 bits per heavy atom. The Hall–Kier alpha value is -8.20. The van der Waals surface area contributed by atoms with Gasteiger partial charge in [-0.1, -0.05) is 184 Å². The lowest BCUT2D eigenvalue weighted by molar-refractivity contribution is 0.660. The van der Waals surface area contributed by atoms with Gasteiger partial charge in [0, 0.05) is 38.9 Å². The van der Waals surface area contributed by atoms with E-state index in [9.17, 15) is 0 Å². The molecule has 0 radical (unpaired) electrons. The second kappa shape index (κ2) is 15.6. The van der Waals surface area contributed by atoms with Crippen LogP contribution in [-0.4, -0.2) is 4.57 Å². The first kappa shape index (κ1) is 38.5. The van der Waals surface area contributed by atoms with E-state index < -0.39 is 0 Å². The normalized spacial score (nSPS) is 12.6. The minimum Gasteiger partial charge on any atom is -0.310 e. The summed E-state index contributed by atoms with van der Waals surface area (Å²) < 4.78 is 2.44. The van der Waals surface area contributed by atoms with Gasteiger partial charge in [-0.2, -0.15) is 0 Å². The maximum absolute atomic E-state index is 2.44. The molecule has 12 rings (SSSR count). The number of rotatable bonds is 8. The van der Waals surface area contributed by atoms with Gasteiger partial charge in [0.1, 0.15) is 0 Å². The van der Waals surface area contributed by atoms with Crippen LogP contribution in [0.2, 0.25) is 0 Å². The largest absolute Gasteiger partial charge is 0.310 e. The molecule has 0 spiro atoms. The molecule has 65 heavy (non-hydrogen) atoms. The second-order valence-corrected chi connectivity index (χ2v) is 17.7. The number of nitrogens with zero attached hydrogens (tertiary/aromatic N) is 2. The van der Waals surface area contributed by atoms with Gasteiger partial charge in [-0.15, -0.1) is 0 Å². The Balaban J connectivity index is 1.02. The lowest BCUT2D eigenvalue weighted by Crippen LogP contribution is -2.16. The summed E-state index contributed by atoms with van der Waals surface area (Å²) in [5.41, 5.74) is 21.8. The topological polar surface area (TPSA) is 8.17 Å². The van der Waals surface area contributed by atoms with E-state index in [1.165, 1.54) is 88.6 Å². The van der Waals surface area contributed by atoms with Crippen LogP contribution in [0.3, 0.4) is 0 Å². The van der Waals surface area contributed by atoms with Crippen molar-refractivity contribution in [3.63, 3.8) is 0 Å². The highest BCUT2D eigenvalue weighted by Gasteiger charge is 2.35. The van der Waals surface area contributed by atoms with Crippen LogP contribution in [0, 0.1) is 0 Å². The summed E-state index contributed by atoms with van der Waals surface area (Å²) in [6.07, 6.45) is 0. The standard InChI is InChI=1S/C63H46N2/c1-63(2)59-29-17-16-28-55(59)56-37-36-50(42-60(56)63)64(47-22-10-5-11-23-47)48-32-34-49(35-33-48)65-61-38-30-45(53-26-14-12-24-51(53)43-18-6-3-7-19-43)40-57(61)58-41-46(31-39-62(58)65)54-27-15-13-25-52(54)44-20-8-4-9-21-44/h3-42H,1-2H3. The highest BCUT2D eigenvalue weighted by atomic mass is 15.1. The van der Waals surface area contributed by atoms with Crippen LogP contribution in [0.1, 0.15) is 25.0 Å². The van der Waals surface area contributed by atoms with Gasteiger partial charge in [0.15, 0.2) is 0 Å². The fourth-order valence-corrected chi connectivity index (χ4v) is 10.5. The molecule has 1 aliphatic carbocycles. The molecular formula is C63H46N2. The van der Waals surface area contributed by atoms with Gasteiger partial charge in [0.25, 0.3) is 0 Å². The lowest BCUT2D eigenvalue weighted by Gasteiger charge is -2.28. The molecule has 0 bridgehead atoms. The van der Waals surface area contributed by atoms with Crippen LogP contribution >= 0.6 is 0 Å². The first-order valence-electron chi connectivity index (χ1n) is 22.6.